The standard InChI is InChI=1S/C11H14N4S2/c1-2-5-13-10-14-15-11(17-10)16-8-9-4-3-6-12-7-9/h3-4,6-7H,2,5,8H2,1H3,(H,13,14). The summed E-state index contributed by atoms with van der Waals surface area (Å²) in [6.45, 7) is 3.08. The fraction of sp³-hybridized carbons (Fsp3) is 0.364. The first-order chi connectivity index (χ1) is 8.38. The average Bonchev–Trinajstić information content (AvgIpc) is 2.83. The summed E-state index contributed by atoms with van der Waals surface area (Å²) in [5, 5.41) is 12.4. The van der Waals surface area contributed by atoms with Crippen molar-refractivity contribution in [3.8, 4) is 0 Å². The lowest BCUT2D eigenvalue weighted by Crippen LogP contribution is -1.98. The van der Waals surface area contributed by atoms with Crippen LogP contribution in [0, 0.1) is 0 Å². The van der Waals surface area contributed by atoms with Crippen molar-refractivity contribution >= 4 is 28.2 Å². The van der Waals surface area contributed by atoms with Gasteiger partial charge in [-0.25, -0.2) is 0 Å². The quantitative estimate of drug-likeness (QED) is 0.814. The number of thioether (sulfide) groups is 1. The van der Waals surface area contributed by atoms with Crippen molar-refractivity contribution in [3.05, 3.63) is 30.1 Å². The molecule has 0 bridgehead atoms. The molecule has 0 saturated heterocycles. The van der Waals surface area contributed by atoms with Crippen LogP contribution in [0.15, 0.2) is 28.9 Å². The Morgan fingerprint density at radius 3 is 3.12 bits per heavy atom. The van der Waals surface area contributed by atoms with Crippen LogP contribution in [-0.4, -0.2) is 21.7 Å². The zero-order valence-corrected chi connectivity index (χ0v) is 11.2. The van der Waals surface area contributed by atoms with Gasteiger partial charge in [0.05, 0.1) is 0 Å². The molecule has 17 heavy (non-hydrogen) atoms. The third-order valence-corrected chi connectivity index (χ3v) is 4.10. The first kappa shape index (κ1) is 12.3. The van der Waals surface area contributed by atoms with Crippen LogP contribution < -0.4 is 5.32 Å². The summed E-state index contributed by atoms with van der Waals surface area (Å²) >= 11 is 3.29. The highest BCUT2D eigenvalue weighted by molar-refractivity contribution is 8.00. The molecular formula is C11H14N4S2. The van der Waals surface area contributed by atoms with Crippen LogP contribution in [-0.2, 0) is 5.75 Å². The fourth-order valence-electron chi connectivity index (χ4n) is 1.20. The van der Waals surface area contributed by atoms with Crippen molar-refractivity contribution in [3.63, 3.8) is 0 Å². The van der Waals surface area contributed by atoms with Gasteiger partial charge in [-0.3, -0.25) is 4.98 Å². The van der Waals surface area contributed by atoms with E-state index in [0.717, 1.165) is 28.2 Å². The smallest absolute Gasteiger partial charge is 0.206 e. The highest BCUT2D eigenvalue weighted by Crippen LogP contribution is 2.27. The predicted molar refractivity (Wildman–Crippen MR) is 72.5 cm³/mol. The van der Waals surface area contributed by atoms with Crippen LogP contribution in [0.1, 0.15) is 18.9 Å². The van der Waals surface area contributed by atoms with Gasteiger partial charge in [-0.15, -0.1) is 10.2 Å². The molecule has 2 heterocycles. The van der Waals surface area contributed by atoms with Gasteiger partial charge in [0.15, 0.2) is 4.34 Å². The van der Waals surface area contributed by atoms with Crippen molar-refractivity contribution in [1.82, 2.24) is 15.2 Å². The van der Waals surface area contributed by atoms with E-state index in [0.29, 0.717) is 0 Å². The molecule has 0 amide bonds. The zero-order valence-electron chi connectivity index (χ0n) is 9.59. The molecule has 0 radical (unpaired) electrons. The Morgan fingerprint density at radius 2 is 2.35 bits per heavy atom. The van der Waals surface area contributed by atoms with E-state index in [-0.39, 0.29) is 0 Å². The SMILES string of the molecule is CCCNc1nnc(SCc2cccnc2)s1. The molecule has 0 saturated carbocycles. The maximum atomic E-state index is 4.13. The minimum atomic E-state index is 0.885. The van der Waals surface area contributed by atoms with Gasteiger partial charge in [0.25, 0.3) is 0 Å². The minimum absolute atomic E-state index is 0.885. The second-order valence-electron chi connectivity index (χ2n) is 3.45. The average molecular weight is 266 g/mol. The van der Waals surface area contributed by atoms with Crippen molar-refractivity contribution in [2.45, 2.75) is 23.4 Å². The molecule has 2 rings (SSSR count). The third-order valence-electron chi connectivity index (χ3n) is 2.02. The Balaban J connectivity index is 1.85. The summed E-state index contributed by atoms with van der Waals surface area (Å²) in [6.07, 6.45) is 4.76. The number of rotatable bonds is 6. The van der Waals surface area contributed by atoms with Crippen molar-refractivity contribution in [2.75, 3.05) is 11.9 Å². The maximum Gasteiger partial charge on any atom is 0.206 e. The Bertz CT molecular complexity index is 444. The van der Waals surface area contributed by atoms with Gasteiger partial charge in [0.1, 0.15) is 0 Å². The van der Waals surface area contributed by atoms with Crippen LogP contribution in [0.3, 0.4) is 0 Å². The van der Waals surface area contributed by atoms with E-state index in [1.165, 1.54) is 5.56 Å². The van der Waals surface area contributed by atoms with Crippen LogP contribution in [0.5, 0.6) is 0 Å². The van der Waals surface area contributed by atoms with E-state index in [9.17, 15) is 0 Å². The number of anilines is 1. The van der Waals surface area contributed by atoms with E-state index in [1.807, 2.05) is 12.3 Å². The molecule has 2 aromatic heterocycles. The molecule has 1 N–H and O–H groups in total. The van der Waals surface area contributed by atoms with E-state index in [4.69, 9.17) is 0 Å². The van der Waals surface area contributed by atoms with Crippen LogP contribution in [0.4, 0.5) is 5.13 Å². The number of hydrogen-bond donors (Lipinski definition) is 1. The molecule has 0 unspecified atom stereocenters. The fourth-order valence-corrected chi connectivity index (χ4v) is 2.91. The van der Waals surface area contributed by atoms with Gasteiger partial charge in [-0.2, -0.15) is 0 Å². The summed E-state index contributed by atoms with van der Waals surface area (Å²) < 4.78 is 0.993. The largest absolute Gasteiger partial charge is 0.360 e. The Kier molecular flexibility index (Phi) is 4.75. The lowest BCUT2D eigenvalue weighted by Gasteiger charge is -1.97. The molecule has 90 valence electrons. The number of nitrogens with one attached hydrogen (secondary N) is 1. The van der Waals surface area contributed by atoms with E-state index >= 15 is 0 Å². The van der Waals surface area contributed by atoms with Crippen molar-refractivity contribution in [1.29, 1.82) is 0 Å². The molecule has 0 aliphatic carbocycles. The van der Waals surface area contributed by atoms with Crippen LogP contribution >= 0.6 is 23.1 Å². The second-order valence-corrected chi connectivity index (χ2v) is 5.65. The lowest BCUT2D eigenvalue weighted by atomic mass is 10.3. The zero-order chi connectivity index (χ0) is 11.9. The molecule has 0 fully saturated rings. The molecular weight excluding hydrogens is 252 g/mol. The number of aromatic nitrogens is 3. The van der Waals surface area contributed by atoms with Gasteiger partial charge in [-0.05, 0) is 18.1 Å². The van der Waals surface area contributed by atoms with E-state index in [1.54, 1.807) is 29.3 Å². The molecule has 6 heteroatoms. The van der Waals surface area contributed by atoms with Crippen LogP contribution in [0.25, 0.3) is 0 Å². The Labute approximate surface area is 109 Å². The molecule has 0 aliphatic rings. The topological polar surface area (TPSA) is 50.7 Å². The Morgan fingerprint density at radius 1 is 1.41 bits per heavy atom. The maximum absolute atomic E-state index is 4.13. The first-order valence-electron chi connectivity index (χ1n) is 5.47. The summed E-state index contributed by atoms with van der Waals surface area (Å²) in [6, 6.07) is 4.02. The summed E-state index contributed by atoms with van der Waals surface area (Å²) in [4.78, 5) is 4.08. The van der Waals surface area contributed by atoms with Crippen molar-refractivity contribution < 1.29 is 0 Å². The van der Waals surface area contributed by atoms with Gasteiger partial charge in [0.2, 0.25) is 5.13 Å². The normalized spacial score (nSPS) is 10.4. The molecule has 4 nitrogen and oxygen atoms in total. The molecule has 0 aromatic carbocycles. The van der Waals surface area contributed by atoms with Gasteiger partial charge in [-0.1, -0.05) is 36.1 Å². The van der Waals surface area contributed by atoms with Gasteiger partial charge >= 0.3 is 0 Å². The molecule has 0 aliphatic heterocycles. The number of pyridine rings is 1. The van der Waals surface area contributed by atoms with Gasteiger partial charge < -0.3 is 5.32 Å². The van der Waals surface area contributed by atoms with Gasteiger partial charge in [0, 0.05) is 24.7 Å². The highest BCUT2D eigenvalue weighted by atomic mass is 32.2. The number of nitrogens with zero attached hydrogens (tertiary/aromatic N) is 3. The predicted octanol–water partition coefficient (Wildman–Crippen LogP) is 3.05. The third kappa shape index (κ3) is 3.98. The monoisotopic (exact) mass is 266 g/mol. The molecule has 0 spiro atoms. The lowest BCUT2D eigenvalue weighted by molar-refractivity contribution is 0.951. The Hall–Kier alpha value is -1.14. The molecule has 2 aromatic rings. The second kappa shape index (κ2) is 6.56. The summed E-state index contributed by atoms with van der Waals surface area (Å²) in [7, 11) is 0. The highest BCUT2D eigenvalue weighted by Gasteiger charge is 2.04. The summed E-state index contributed by atoms with van der Waals surface area (Å²) in [5.41, 5.74) is 1.20. The van der Waals surface area contributed by atoms with E-state index in [2.05, 4.69) is 33.5 Å². The van der Waals surface area contributed by atoms with E-state index < -0.39 is 0 Å². The summed E-state index contributed by atoms with van der Waals surface area (Å²) in [5.74, 6) is 0.885. The van der Waals surface area contributed by atoms with Crippen LogP contribution in [0.2, 0.25) is 0 Å². The number of hydrogen-bond acceptors (Lipinski definition) is 6. The van der Waals surface area contributed by atoms with Crippen molar-refractivity contribution in [2.24, 2.45) is 0 Å². The molecule has 0 atom stereocenters. The minimum Gasteiger partial charge on any atom is -0.360 e. The first-order valence-corrected chi connectivity index (χ1v) is 7.27.